The minimum atomic E-state index is -0.646. The van der Waals surface area contributed by atoms with E-state index in [0.717, 1.165) is 49.7 Å². The molecule has 1 aliphatic heterocycles. The highest BCUT2D eigenvalue weighted by Crippen LogP contribution is 2.18. The van der Waals surface area contributed by atoms with Gasteiger partial charge in [-0.25, -0.2) is 4.98 Å². The number of anilines is 1. The molecule has 0 bridgehead atoms. The summed E-state index contributed by atoms with van der Waals surface area (Å²) >= 11 is 0. The zero-order valence-corrected chi connectivity index (χ0v) is 13.3. The lowest BCUT2D eigenvalue weighted by Crippen LogP contribution is -2.50. The van der Waals surface area contributed by atoms with Gasteiger partial charge in [-0.3, -0.25) is 4.90 Å². The van der Waals surface area contributed by atoms with Gasteiger partial charge in [-0.05, 0) is 38.0 Å². The van der Waals surface area contributed by atoms with Gasteiger partial charge < -0.3 is 15.1 Å². The van der Waals surface area contributed by atoms with Gasteiger partial charge in [-0.15, -0.1) is 0 Å². The average molecular weight is 293 g/mol. The number of aryl methyl sites for hydroxylation is 1. The van der Waals surface area contributed by atoms with E-state index < -0.39 is 5.60 Å². The highest BCUT2D eigenvalue weighted by atomic mass is 16.3. The van der Waals surface area contributed by atoms with Crippen LogP contribution in [0.15, 0.2) is 12.1 Å². The Morgan fingerprint density at radius 3 is 2.38 bits per heavy atom. The lowest BCUT2D eigenvalue weighted by Gasteiger charge is -2.38. The summed E-state index contributed by atoms with van der Waals surface area (Å²) in [4.78, 5) is 9.22. The van der Waals surface area contributed by atoms with Crippen molar-refractivity contribution in [3.05, 3.63) is 23.4 Å². The summed E-state index contributed by atoms with van der Waals surface area (Å²) in [6.45, 7) is 10.2. The first-order valence-electron chi connectivity index (χ1n) is 7.71. The van der Waals surface area contributed by atoms with E-state index in [4.69, 9.17) is 0 Å². The van der Waals surface area contributed by atoms with E-state index in [0.29, 0.717) is 6.54 Å². The molecular weight excluding hydrogens is 266 g/mol. The molecule has 0 spiro atoms. The number of β-amino-alcohol motifs (C(OH)–C–C–N with tert-alkyl or cyclic N) is 1. The third kappa shape index (κ3) is 4.66. The molecule has 2 N–H and O–H groups in total. The van der Waals surface area contributed by atoms with E-state index in [-0.39, 0.29) is 6.61 Å². The van der Waals surface area contributed by atoms with Crippen molar-refractivity contribution in [3.63, 3.8) is 0 Å². The molecule has 0 radical (unpaired) electrons. The summed E-state index contributed by atoms with van der Waals surface area (Å²) in [7, 11) is 0. The zero-order valence-electron chi connectivity index (χ0n) is 13.3. The summed E-state index contributed by atoms with van der Waals surface area (Å²) < 4.78 is 0. The van der Waals surface area contributed by atoms with Gasteiger partial charge >= 0.3 is 0 Å². The van der Waals surface area contributed by atoms with E-state index in [1.165, 1.54) is 0 Å². The Bertz CT molecular complexity index is 441. The number of hydrogen-bond acceptors (Lipinski definition) is 5. The van der Waals surface area contributed by atoms with E-state index >= 15 is 0 Å². The maximum atomic E-state index is 9.89. The van der Waals surface area contributed by atoms with Crippen LogP contribution in [0.2, 0.25) is 0 Å². The molecule has 21 heavy (non-hydrogen) atoms. The van der Waals surface area contributed by atoms with Gasteiger partial charge in [-0.2, -0.15) is 0 Å². The van der Waals surface area contributed by atoms with Crippen LogP contribution < -0.4 is 4.90 Å². The smallest absolute Gasteiger partial charge is 0.129 e. The molecule has 0 unspecified atom stereocenters. The summed E-state index contributed by atoms with van der Waals surface area (Å²) in [5.74, 6) is 0.960. The predicted octanol–water partition coefficient (Wildman–Crippen LogP) is 1.03. The molecule has 0 atom stereocenters. The van der Waals surface area contributed by atoms with Crippen molar-refractivity contribution in [1.82, 2.24) is 9.88 Å². The van der Waals surface area contributed by atoms with Gasteiger partial charge in [0.05, 0.1) is 12.2 Å². The molecule has 5 heteroatoms. The number of pyridine rings is 1. The summed E-state index contributed by atoms with van der Waals surface area (Å²) in [5, 5.41) is 19.3. The normalized spacial score (nSPS) is 17.3. The van der Waals surface area contributed by atoms with Crippen molar-refractivity contribution in [3.8, 4) is 0 Å². The second-order valence-electron chi connectivity index (χ2n) is 6.41. The van der Waals surface area contributed by atoms with Crippen LogP contribution in [0.1, 0.15) is 32.0 Å². The van der Waals surface area contributed by atoms with Gasteiger partial charge in [0, 0.05) is 38.4 Å². The number of hydrogen-bond donors (Lipinski definition) is 2. The maximum Gasteiger partial charge on any atom is 0.129 e. The average Bonchev–Trinajstić information content (AvgIpc) is 2.45. The van der Waals surface area contributed by atoms with Crippen LogP contribution in [-0.4, -0.2) is 58.4 Å². The summed E-state index contributed by atoms with van der Waals surface area (Å²) in [6, 6.07) is 3.94. The number of rotatable bonds is 5. The van der Waals surface area contributed by atoms with Gasteiger partial charge in [0.2, 0.25) is 0 Å². The fourth-order valence-electron chi connectivity index (χ4n) is 2.75. The monoisotopic (exact) mass is 293 g/mol. The maximum absolute atomic E-state index is 9.89. The molecule has 0 amide bonds. The lowest BCUT2D eigenvalue weighted by atomic mass is 10.1. The van der Waals surface area contributed by atoms with Gasteiger partial charge in [-0.1, -0.05) is 6.92 Å². The Morgan fingerprint density at radius 2 is 1.86 bits per heavy atom. The predicted molar refractivity (Wildman–Crippen MR) is 84.5 cm³/mol. The van der Waals surface area contributed by atoms with Gasteiger partial charge in [0.15, 0.2) is 0 Å². The Balaban J connectivity index is 2.02. The molecule has 0 aliphatic carbocycles. The molecule has 1 saturated heterocycles. The van der Waals surface area contributed by atoms with E-state index in [2.05, 4.69) is 21.7 Å². The molecule has 2 heterocycles. The second-order valence-corrected chi connectivity index (χ2v) is 6.41. The van der Waals surface area contributed by atoms with E-state index in [9.17, 15) is 10.2 Å². The van der Waals surface area contributed by atoms with Crippen LogP contribution in [0.3, 0.4) is 0 Å². The molecular formula is C16H27N3O2. The lowest BCUT2D eigenvalue weighted by molar-refractivity contribution is 0.0344. The quantitative estimate of drug-likeness (QED) is 0.849. The number of aromatic nitrogens is 1. The number of aliphatic hydroxyl groups excluding tert-OH is 1. The van der Waals surface area contributed by atoms with Crippen molar-refractivity contribution < 1.29 is 10.2 Å². The molecule has 2 rings (SSSR count). The fourth-order valence-corrected chi connectivity index (χ4v) is 2.75. The first-order valence-corrected chi connectivity index (χ1v) is 7.71. The molecule has 1 fully saturated rings. The third-order valence-corrected chi connectivity index (χ3v) is 3.78. The van der Waals surface area contributed by atoms with E-state index in [1.54, 1.807) is 0 Å². The van der Waals surface area contributed by atoms with Crippen molar-refractivity contribution in [2.75, 3.05) is 37.6 Å². The summed E-state index contributed by atoms with van der Waals surface area (Å²) in [5.41, 5.74) is 1.30. The molecule has 1 aromatic rings. The minimum absolute atomic E-state index is 0.0567. The highest BCUT2D eigenvalue weighted by Gasteiger charge is 2.23. The van der Waals surface area contributed by atoms with Crippen molar-refractivity contribution >= 4 is 5.82 Å². The fraction of sp³-hybridized carbons (Fsp3) is 0.688. The number of nitrogens with zero attached hydrogens (tertiary/aromatic N) is 3. The van der Waals surface area contributed by atoms with Crippen LogP contribution in [-0.2, 0) is 13.0 Å². The van der Waals surface area contributed by atoms with Gasteiger partial charge in [0.1, 0.15) is 5.82 Å². The number of aliphatic hydroxyl groups is 2. The Kier molecular flexibility index (Phi) is 5.19. The Morgan fingerprint density at radius 1 is 1.19 bits per heavy atom. The van der Waals surface area contributed by atoms with Crippen LogP contribution >= 0.6 is 0 Å². The third-order valence-electron chi connectivity index (χ3n) is 3.78. The minimum Gasteiger partial charge on any atom is -0.392 e. The van der Waals surface area contributed by atoms with Crippen molar-refractivity contribution in [2.45, 2.75) is 39.4 Å². The molecule has 5 nitrogen and oxygen atoms in total. The number of piperazine rings is 1. The highest BCUT2D eigenvalue weighted by molar-refractivity contribution is 5.43. The first-order chi connectivity index (χ1) is 9.91. The standard InChI is InChI=1S/C16H27N3O2/c1-4-14-9-13(11-20)10-15(17-14)19-7-5-18(6-8-19)12-16(2,3)21/h9-10,20-21H,4-8,11-12H2,1-3H3. The van der Waals surface area contributed by atoms with Crippen LogP contribution in [0, 0.1) is 0 Å². The molecule has 1 aliphatic rings. The second kappa shape index (κ2) is 6.73. The molecule has 0 saturated carbocycles. The zero-order chi connectivity index (χ0) is 15.5. The molecule has 1 aromatic heterocycles. The largest absolute Gasteiger partial charge is 0.392 e. The van der Waals surface area contributed by atoms with Crippen LogP contribution in [0.25, 0.3) is 0 Å². The van der Waals surface area contributed by atoms with Crippen molar-refractivity contribution in [1.29, 1.82) is 0 Å². The topological polar surface area (TPSA) is 59.8 Å². The SMILES string of the molecule is CCc1cc(CO)cc(N2CCN(CC(C)(C)O)CC2)n1. The first kappa shape index (κ1) is 16.2. The van der Waals surface area contributed by atoms with Crippen LogP contribution in [0.5, 0.6) is 0 Å². The summed E-state index contributed by atoms with van der Waals surface area (Å²) in [6.07, 6.45) is 0.875. The van der Waals surface area contributed by atoms with Gasteiger partial charge in [0.25, 0.3) is 0 Å². The molecule has 0 aromatic carbocycles. The molecule has 118 valence electrons. The Labute approximate surface area is 127 Å². The van der Waals surface area contributed by atoms with Crippen molar-refractivity contribution in [2.24, 2.45) is 0 Å². The van der Waals surface area contributed by atoms with Crippen LogP contribution in [0.4, 0.5) is 5.82 Å². The Hall–Kier alpha value is -1.17. The van der Waals surface area contributed by atoms with E-state index in [1.807, 2.05) is 26.0 Å².